The predicted molar refractivity (Wildman–Crippen MR) is 78.7 cm³/mol. The summed E-state index contributed by atoms with van der Waals surface area (Å²) < 4.78 is 38.3. The number of carbonyl (C=O) groups is 1. The fraction of sp³-hybridized carbons (Fsp3) is 0.500. The summed E-state index contributed by atoms with van der Waals surface area (Å²) in [6, 6.07) is 3.44. The number of halogens is 4. The molecule has 6 heteroatoms. The van der Waals surface area contributed by atoms with Crippen molar-refractivity contribution in [2.75, 3.05) is 0 Å². The zero-order valence-corrected chi connectivity index (χ0v) is 13.3. The van der Waals surface area contributed by atoms with Crippen LogP contribution in [0.25, 0.3) is 0 Å². The minimum absolute atomic E-state index is 0.0753. The topological polar surface area (TPSA) is 29.1 Å². The molecule has 2 nitrogen and oxygen atoms in total. The Labute approximate surface area is 129 Å². The largest absolute Gasteiger partial charge is 0.408 e. The molecule has 0 aliphatic heterocycles. The Kier molecular flexibility index (Phi) is 4.05. The maximum Gasteiger partial charge on any atom is 0.408 e. The van der Waals surface area contributed by atoms with Crippen molar-refractivity contribution in [2.24, 2.45) is 0 Å². The summed E-state index contributed by atoms with van der Waals surface area (Å²) in [6.45, 7) is 3.04. The quantitative estimate of drug-likeness (QED) is 0.768. The van der Waals surface area contributed by atoms with E-state index in [1.807, 2.05) is 11.4 Å². The van der Waals surface area contributed by atoms with Crippen molar-refractivity contribution >= 4 is 28.5 Å². The Morgan fingerprint density at radius 2 is 1.95 bits per heavy atom. The van der Waals surface area contributed by atoms with Crippen LogP contribution in [0, 0.1) is 3.57 Å². The number of alkyl halides is 3. The van der Waals surface area contributed by atoms with Gasteiger partial charge in [-0.2, -0.15) is 13.2 Å². The summed E-state index contributed by atoms with van der Waals surface area (Å²) >= 11 is 2.08. The number of carbonyl (C=O) groups excluding carboxylic acids is 1. The molecule has 1 atom stereocenters. The van der Waals surface area contributed by atoms with E-state index in [0.29, 0.717) is 0 Å². The van der Waals surface area contributed by atoms with E-state index < -0.39 is 18.1 Å². The number of nitrogens with one attached hydrogen (secondary N) is 1. The third-order valence-corrected chi connectivity index (χ3v) is 4.32. The molecule has 1 saturated carbocycles. The van der Waals surface area contributed by atoms with E-state index in [2.05, 4.69) is 29.5 Å². The fourth-order valence-corrected chi connectivity index (χ4v) is 2.58. The van der Waals surface area contributed by atoms with Gasteiger partial charge in [0.25, 0.3) is 5.91 Å². The molecule has 0 bridgehead atoms. The molecular formula is C14H15F3INO. The van der Waals surface area contributed by atoms with Gasteiger partial charge in [0.05, 0.1) is 0 Å². The van der Waals surface area contributed by atoms with Gasteiger partial charge in [0.2, 0.25) is 0 Å². The van der Waals surface area contributed by atoms with Crippen molar-refractivity contribution in [3.05, 3.63) is 32.9 Å². The van der Waals surface area contributed by atoms with E-state index in [9.17, 15) is 18.0 Å². The molecule has 1 aromatic rings. The van der Waals surface area contributed by atoms with Gasteiger partial charge in [-0.1, -0.05) is 6.92 Å². The van der Waals surface area contributed by atoms with Crippen LogP contribution in [0.5, 0.6) is 0 Å². The van der Waals surface area contributed by atoms with E-state index in [-0.39, 0.29) is 11.0 Å². The molecule has 0 heterocycles. The van der Waals surface area contributed by atoms with E-state index in [4.69, 9.17) is 0 Å². The molecule has 1 aromatic carbocycles. The molecule has 1 fully saturated rings. The molecule has 20 heavy (non-hydrogen) atoms. The van der Waals surface area contributed by atoms with Crippen LogP contribution in [0.1, 0.15) is 42.6 Å². The SMILES string of the molecule is C[C@H](NC(=O)c1cc(I)cc(C2(C)CC2)c1)C(F)(F)F. The number of rotatable bonds is 3. The van der Waals surface area contributed by atoms with Crippen molar-refractivity contribution in [1.29, 1.82) is 0 Å². The first-order chi connectivity index (χ1) is 9.12. The summed E-state index contributed by atoms with van der Waals surface area (Å²) in [7, 11) is 0. The number of hydrogen-bond donors (Lipinski definition) is 1. The van der Waals surface area contributed by atoms with Gasteiger partial charge >= 0.3 is 6.18 Å². The van der Waals surface area contributed by atoms with Crippen LogP contribution in [0.4, 0.5) is 13.2 Å². The maximum atomic E-state index is 12.5. The van der Waals surface area contributed by atoms with Crippen molar-refractivity contribution in [1.82, 2.24) is 5.32 Å². The summed E-state index contributed by atoms with van der Waals surface area (Å²) in [5.41, 5.74) is 1.39. The van der Waals surface area contributed by atoms with Crippen molar-refractivity contribution in [2.45, 2.75) is 44.3 Å². The third-order valence-electron chi connectivity index (χ3n) is 3.70. The van der Waals surface area contributed by atoms with E-state index >= 15 is 0 Å². The van der Waals surface area contributed by atoms with E-state index in [0.717, 1.165) is 28.9 Å². The molecule has 110 valence electrons. The highest BCUT2D eigenvalue weighted by molar-refractivity contribution is 14.1. The first-order valence-corrected chi connectivity index (χ1v) is 7.38. The molecule has 1 N–H and O–H groups in total. The Morgan fingerprint density at radius 3 is 2.45 bits per heavy atom. The first-order valence-electron chi connectivity index (χ1n) is 6.30. The first kappa shape index (κ1) is 15.6. The van der Waals surface area contributed by atoms with Crippen LogP contribution >= 0.6 is 22.6 Å². The van der Waals surface area contributed by atoms with Gasteiger partial charge in [0.1, 0.15) is 6.04 Å². The second kappa shape index (κ2) is 5.20. The van der Waals surface area contributed by atoms with Gasteiger partial charge in [-0.3, -0.25) is 4.79 Å². The standard InChI is InChI=1S/C14H15F3INO/c1-8(14(15,16)17)19-12(20)9-5-10(7-11(18)6-9)13(2)3-4-13/h5-8H,3-4H2,1-2H3,(H,19,20)/t8-/m0/s1. The van der Waals surface area contributed by atoms with Gasteiger partial charge in [0.15, 0.2) is 0 Å². The highest BCUT2D eigenvalue weighted by Gasteiger charge is 2.40. The predicted octanol–water partition coefficient (Wildman–Crippen LogP) is 4.02. The normalized spacial score (nSPS) is 18.5. The average molecular weight is 397 g/mol. The highest BCUT2D eigenvalue weighted by atomic mass is 127. The molecule has 1 aliphatic rings. The minimum atomic E-state index is -4.43. The molecule has 2 rings (SSSR count). The van der Waals surface area contributed by atoms with Gasteiger partial charge < -0.3 is 5.32 Å². The van der Waals surface area contributed by atoms with Crippen molar-refractivity contribution in [3.8, 4) is 0 Å². The van der Waals surface area contributed by atoms with Gasteiger partial charge in [-0.05, 0) is 71.5 Å². The minimum Gasteiger partial charge on any atom is -0.341 e. The lowest BCUT2D eigenvalue weighted by atomic mass is 9.96. The van der Waals surface area contributed by atoms with Crippen molar-refractivity contribution < 1.29 is 18.0 Å². The second-order valence-corrected chi connectivity index (χ2v) is 6.77. The highest BCUT2D eigenvalue weighted by Crippen LogP contribution is 2.48. The Bertz CT molecular complexity index is 538. The molecule has 1 aliphatic carbocycles. The summed E-state index contributed by atoms with van der Waals surface area (Å²) in [5.74, 6) is -0.682. The summed E-state index contributed by atoms with van der Waals surface area (Å²) in [6.07, 6.45) is -2.33. The molecule has 0 radical (unpaired) electrons. The lowest BCUT2D eigenvalue weighted by Gasteiger charge is -2.18. The monoisotopic (exact) mass is 397 g/mol. The van der Waals surface area contributed by atoms with Crippen LogP contribution in [0.2, 0.25) is 0 Å². The number of hydrogen-bond acceptors (Lipinski definition) is 1. The number of benzene rings is 1. The van der Waals surface area contributed by atoms with E-state index in [1.54, 1.807) is 12.1 Å². The maximum absolute atomic E-state index is 12.5. The Morgan fingerprint density at radius 1 is 1.35 bits per heavy atom. The van der Waals surface area contributed by atoms with E-state index in [1.165, 1.54) is 0 Å². The lowest BCUT2D eigenvalue weighted by molar-refractivity contribution is -0.149. The smallest absolute Gasteiger partial charge is 0.341 e. The van der Waals surface area contributed by atoms with Gasteiger partial charge in [-0.25, -0.2) is 0 Å². The average Bonchev–Trinajstić information content (AvgIpc) is 3.06. The molecule has 0 unspecified atom stereocenters. The van der Waals surface area contributed by atoms with Crippen LogP contribution in [-0.4, -0.2) is 18.1 Å². The molecule has 0 saturated heterocycles. The second-order valence-electron chi connectivity index (χ2n) is 5.53. The van der Waals surface area contributed by atoms with Crippen LogP contribution in [-0.2, 0) is 5.41 Å². The van der Waals surface area contributed by atoms with Crippen molar-refractivity contribution in [3.63, 3.8) is 0 Å². The number of amides is 1. The Hall–Kier alpha value is -0.790. The molecular weight excluding hydrogens is 382 g/mol. The third kappa shape index (κ3) is 3.45. The van der Waals surface area contributed by atoms with Gasteiger partial charge in [-0.15, -0.1) is 0 Å². The van der Waals surface area contributed by atoms with Crippen LogP contribution in [0.3, 0.4) is 0 Å². The summed E-state index contributed by atoms with van der Waals surface area (Å²) in [5, 5.41) is 2.00. The van der Waals surface area contributed by atoms with Crippen LogP contribution in [0.15, 0.2) is 18.2 Å². The van der Waals surface area contributed by atoms with Crippen LogP contribution < -0.4 is 5.32 Å². The zero-order valence-electron chi connectivity index (χ0n) is 11.1. The molecule has 0 spiro atoms. The Balaban J connectivity index is 2.20. The molecule has 0 aromatic heterocycles. The fourth-order valence-electron chi connectivity index (χ4n) is 1.91. The zero-order chi connectivity index (χ0) is 15.1. The molecule has 1 amide bonds. The lowest BCUT2D eigenvalue weighted by Crippen LogP contribution is -2.43. The van der Waals surface area contributed by atoms with Gasteiger partial charge in [0, 0.05) is 9.13 Å². The summed E-state index contributed by atoms with van der Waals surface area (Å²) in [4.78, 5) is 11.9.